The Morgan fingerprint density at radius 1 is 0.593 bits per heavy atom. The van der Waals surface area contributed by atoms with Crippen LogP contribution in [0.15, 0.2) is 61.7 Å². The molecule has 1 nitrogen and oxygen atoms in total. The van der Waals surface area contributed by atoms with Gasteiger partial charge < -0.3 is 4.74 Å². The quantitative estimate of drug-likeness (QED) is 0.325. The summed E-state index contributed by atoms with van der Waals surface area (Å²) in [4.78, 5) is 0. The zero-order chi connectivity index (χ0) is 19.2. The number of hydrogen-bond acceptors (Lipinski definition) is 1. The molecule has 0 N–H and O–H groups in total. The first-order chi connectivity index (χ1) is 13.3. The third kappa shape index (κ3) is 7.97. The van der Waals surface area contributed by atoms with E-state index < -0.39 is 0 Å². The Balaban J connectivity index is 1.45. The lowest BCUT2D eigenvalue weighted by molar-refractivity contribution is 0.126. The van der Waals surface area contributed by atoms with E-state index in [9.17, 15) is 0 Å². The molecule has 0 aliphatic rings. The van der Waals surface area contributed by atoms with Crippen molar-refractivity contribution in [2.45, 2.75) is 51.4 Å². The van der Waals surface area contributed by atoms with Gasteiger partial charge in [-0.3, -0.25) is 0 Å². The topological polar surface area (TPSA) is 9.23 Å². The average molecular weight is 363 g/mol. The van der Waals surface area contributed by atoms with Gasteiger partial charge in [-0.1, -0.05) is 86.7 Å². The fourth-order valence-electron chi connectivity index (χ4n) is 3.42. The normalized spacial score (nSPS) is 10.7. The Labute approximate surface area is 165 Å². The minimum Gasteiger partial charge on any atom is -0.381 e. The molecule has 0 radical (unpaired) electrons. The van der Waals surface area contributed by atoms with E-state index in [1.807, 2.05) is 12.2 Å². The molecule has 0 saturated carbocycles. The molecule has 144 valence electrons. The van der Waals surface area contributed by atoms with Gasteiger partial charge in [0.15, 0.2) is 0 Å². The van der Waals surface area contributed by atoms with Gasteiger partial charge in [0.2, 0.25) is 0 Å². The van der Waals surface area contributed by atoms with Crippen molar-refractivity contribution < 1.29 is 4.74 Å². The van der Waals surface area contributed by atoms with Gasteiger partial charge in [0.25, 0.3) is 0 Å². The van der Waals surface area contributed by atoms with Crippen molar-refractivity contribution in [3.63, 3.8) is 0 Å². The van der Waals surface area contributed by atoms with Crippen molar-refractivity contribution >= 4 is 12.2 Å². The summed E-state index contributed by atoms with van der Waals surface area (Å²) < 4.78 is 5.80. The lowest BCUT2D eigenvalue weighted by Gasteiger charge is -2.07. The highest BCUT2D eigenvalue weighted by Crippen LogP contribution is 2.15. The van der Waals surface area contributed by atoms with E-state index in [0.29, 0.717) is 0 Å². The first-order valence-corrected chi connectivity index (χ1v) is 10.3. The van der Waals surface area contributed by atoms with E-state index in [1.165, 1.54) is 47.9 Å². The minimum absolute atomic E-state index is 0.891. The van der Waals surface area contributed by atoms with Crippen LogP contribution in [0.2, 0.25) is 0 Å². The van der Waals surface area contributed by atoms with Crippen LogP contribution in [0.5, 0.6) is 0 Å². The van der Waals surface area contributed by atoms with Gasteiger partial charge >= 0.3 is 0 Å². The molecule has 2 rings (SSSR count). The maximum atomic E-state index is 5.80. The Hall–Kier alpha value is -2.12. The predicted molar refractivity (Wildman–Crippen MR) is 119 cm³/mol. The van der Waals surface area contributed by atoms with Crippen LogP contribution >= 0.6 is 0 Å². The highest BCUT2D eigenvalue weighted by atomic mass is 16.5. The van der Waals surface area contributed by atoms with E-state index in [-0.39, 0.29) is 0 Å². The van der Waals surface area contributed by atoms with E-state index in [2.05, 4.69) is 61.7 Å². The second-order valence-electron chi connectivity index (χ2n) is 7.04. The zero-order valence-electron chi connectivity index (χ0n) is 16.7. The second kappa shape index (κ2) is 13.1. The van der Waals surface area contributed by atoms with Crippen molar-refractivity contribution in [2.75, 3.05) is 13.2 Å². The Bertz CT molecular complexity index is 627. The maximum Gasteiger partial charge on any atom is 0.0466 e. The molecule has 0 aliphatic carbocycles. The second-order valence-corrected chi connectivity index (χ2v) is 7.04. The van der Waals surface area contributed by atoms with Crippen molar-refractivity contribution in [1.82, 2.24) is 0 Å². The third-order valence-corrected chi connectivity index (χ3v) is 5.02. The molecule has 0 amide bonds. The van der Waals surface area contributed by atoms with Gasteiger partial charge in [0.1, 0.15) is 0 Å². The first-order valence-electron chi connectivity index (χ1n) is 10.3. The highest BCUT2D eigenvalue weighted by molar-refractivity contribution is 5.52. The van der Waals surface area contributed by atoms with Crippen LogP contribution in [-0.4, -0.2) is 13.2 Å². The highest BCUT2D eigenvalue weighted by Gasteiger charge is 2.00. The molecule has 0 heterocycles. The molecule has 2 aromatic rings. The molecular formula is C26H34O. The molecule has 27 heavy (non-hydrogen) atoms. The summed E-state index contributed by atoms with van der Waals surface area (Å²) in [7, 11) is 0. The number of benzene rings is 2. The van der Waals surface area contributed by atoms with Crippen LogP contribution < -0.4 is 0 Å². The van der Waals surface area contributed by atoms with Gasteiger partial charge in [-0.25, -0.2) is 0 Å². The lowest BCUT2D eigenvalue weighted by Crippen LogP contribution is -1.98. The Kier molecular flexibility index (Phi) is 10.3. The first kappa shape index (κ1) is 21.2. The summed E-state index contributed by atoms with van der Waals surface area (Å²) in [6.07, 6.45) is 13.4. The van der Waals surface area contributed by atoms with Crippen LogP contribution in [0.4, 0.5) is 0 Å². The number of unbranched alkanes of at least 4 members (excludes halogenated alkanes) is 4. The smallest absolute Gasteiger partial charge is 0.0466 e. The van der Waals surface area contributed by atoms with Crippen molar-refractivity contribution in [2.24, 2.45) is 0 Å². The molecule has 2 aromatic carbocycles. The predicted octanol–water partition coefficient (Wildman–Crippen LogP) is 7.12. The summed E-state index contributed by atoms with van der Waals surface area (Å²) in [5.41, 5.74) is 5.35. The van der Waals surface area contributed by atoms with Gasteiger partial charge in [0, 0.05) is 13.2 Å². The summed E-state index contributed by atoms with van der Waals surface area (Å²) in [5.74, 6) is 0. The van der Waals surface area contributed by atoms with Gasteiger partial charge in [-0.15, -0.1) is 0 Å². The maximum absolute atomic E-state index is 5.80. The fourth-order valence-corrected chi connectivity index (χ4v) is 3.42. The number of ether oxygens (including phenoxy) is 1. The van der Waals surface area contributed by atoms with Crippen LogP contribution in [0.1, 0.15) is 60.8 Å². The van der Waals surface area contributed by atoms with E-state index in [0.717, 1.165) is 38.9 Å². The van der Waals surface area contributed by atoms with Gasteiger partial charge in [-0.2, -0.15) is 0 Å². The van der Waals surface area contributed by atoms with Crippen LogP contribution in [0.25, 0.3) is 12.2 Å². The van der Waals surface area contributed by atoms with Crippen LogP contribution in [0, 0.1) is 0 Å². The molecule has 0 saturated heterocycles. The fraction of sp³-hybridized carbons (Fsp3) is 0.385. The minimum atomic E-state index is 0.891. The SMILES string of the molecule is C=Cc1ccccc1CCCCCOCCCCCc1ccccc1C=C. The van der Waals surface area contributed by atoms with Crippen LogP contribution in [-0.2, 0) is 17.6 Å². The third-order valence-electron chi connectivity index (χ3n) is 5.02. The standard InChI is InChI=1S/C26H34O/c1-3-23-15-9-11-19-25(23)17-7-5-13-21-27-22-14-6-8-18-26-20-12-10-16-24(26)4-2/h3-4,9-12,15-16,19-20H,1-2,5-8,13-14,17-18,21-22H2. The van der Waals surface area contributed by atoms with Gasteiger partial charge in [-0.05, 0) is 60.8 Å². The Morgan fingerprint density at radius 3 is 1.48 bits per heavy atom. The summed E-state index contributed by atoms with van der Waals surface area (Å²) >= 11 is 0. The van der Waals surface area contributed by atoms with Crippen molar-refractivity contribution in [3.8, 4) is 0 Å². The van der Waals surface area contributed by atoms with Crippen molar-refractivity contribution in [1.29, 1.82) is 0 Å². The average Bonchev–Trinajstić information content (AvgIpc) is 2.72. The molecule has 0 aliphatic heterocycles. The molecule has 0 atom stereocenters. The molecular weight excluding hydrogens is 328 g/mol. The molecule has 1 heteroatoms. The molecule has 0 spiro atoms. The molecule has 0 unspecified atom stereocenters. The largest absolute Gasteiger partial charge is 0.381 e. The number of aryl methyl sites for hydroxylation is 2. The monoisotopic (exact) mass is 362 g/mol. The van der Waals surface area contributed by atoms with E-state index >= 15 is 0 Å². The van der Waals surface area contributed by atoms with Crippen molar-refractivity contribution in [3.05, 3.63) is 83.9 Å². The number of hydrogen-bond donors (Lipinski definition) is 0. The lowest BCUT2D eigenvalue weighted by atomic mass is 10.0. The van der Waals surface area contributed by atoms with Crippen LogP contribution in [0.3, 0.4) is 0 Å². The molecule has 0 fully saturated rings. The summed E-state index contributed by atoms with van der Waals surface area (Å²) in [6.45, 7) is 9.57. The van der Waals surface area contributed by atoms with E-state index in [4.69, 9.17) is 4.74 Å². The summed E-state index contributed by atoms with van der Waals surface area (Å²) in [6, 6.07) is 17.1. The molecule has 0 aromatic heterocycles. The Morgan fingerprint density at radius 2 is 1.04 bits per heavy atom. The number of rotatable bonds is 14. The summed E-state index contributed by atoms with van der Waals surface area (Å²) in [5, 5.41) is 0. The molecule has 0 bridgehead atoms. The van der Waals surface area contributed by atoms with E-state index in [1.54, 1.807) is 0 Å². The zero-order valence-corrected chi connectivity index (χ0v) is 16.7. The van der Waals surface area contributed by atoms with Gasteiger partial charge in [0.05, 0.1) is 0 Å².